The molecule has 0 bridgehead atoms. The Labute approximate surface area is 90.4 Å². The van der Waals surface area contributed by atoms with Crippen molar-refractivity contribution in [2.75, 3.05) is 12.3 Å². The molecular formula is C10H12F4N2. The molecule has 0 unspecified atom stereocenters. The molecule has 6 heteroatoms. The molecule has 0 aliphatic rings. The van der Waals surface area contributed by atoms with Gasteiger partial charge in [-0.2, -0.15) is 8.78 Å². The van der Waals surface area contributed by atoms with E-state index in [1.807, 2.05) is 0 Å². The normalized spacial score (nSPS) is 12.1. The van der Waals surface area contributed by atoms with Gasteiger partial charge in [0.25, 0.3) is 0 Å². The summed E-state index contributed by atoms with van der Waals surface area (Å²) in [5.74, 6) is -4.00. The molecule has 0 saturated heterocycles. The van der Waals surface area contributed by atoms with Gasteiger partial charge in [-0.1, -0.05) is 12.1 Å². The van der Waals surface area contributed by atoms with Crippen molar-refractivity contribution in [2.45, 2.75) is 18.9 Å². The van der Waals surface area contributed by atoms with Crippen molar-refractivity contribution in [1.29, 1.82) is 0 Å². The highest BCUT2D eigenvalue weighted by molar-refractivity contribution is 5.40. The van der Waals surface area contributed by atoms with E-state index in [1.54, 1.807) is 24.3 Å². The van der Waals surface area contributed by atoms with E-state index in [4.69, 9.17) is 5.73 Å². The van der Waals surface area contributed by atoms with Gasteiger partial charge in [-0.25, -0.2) is 8.78 Å². The maximum absolute atomic E-state index is 12.5. The molecule has 0 aromatic heterocycles. The standard InChI is InChI=1S/C10H12F4N2/c11-9(12)10(13,14)6-16-5-7-2-1-3-8(15)4-7/h1-4,9,16H,5-6,15H2. The number of nitrogens with two attached hydrogens (primary N) is 1. The van der Waals surface area contributed by atoms with E-state index in [-0.39, 0.29) is 6.54 Å². The van der Waals surface area contributed by atoms with Gasteiger partial charge in [-0.05, 0) is 17.7 Å². The smallest absolute Gasteiger partial charge is 0.319 e. The molecule has 1 aromatic rings. The number of benzene rings is 1. The Morgan fingerprint density at radius 3 is 2.56 bits per heavy atom. The van der Waals surface area contributed by atoms with Gasteiger partial charge in [0.2, 0.25) is 0 Å². The first-order chi connectivity index (χ1) is 7.42. The molecule has 0 radical (unpaired) electrons. The fourth-order valence-electron chi connectivity index (χ4n) is 1.15. The van der Waals surface area contributed by atoms with Crippen molar-refractivity contribution < 1.29 is 17.6 Å². The minimum atomic E-state index is -4.00. The Bertz CT molecular complexity index is 341. The lowest BCUT2D eigenvalue weighted by atomic mass is 10.2. The molecule has 0 spiro atoms. The number of hydrogen-bond donors (Lipinski definition) is 2. The molecule has 90 valence electrons. The fraction of sp³-hybridized carbons (Fsp3) is 0.400. The monoisotopic (exact) mass is 236 g/mol. The largest absolute Gasteiger partial charge is 0.399 e. The second-order valence-electron chi connectivity index (χ2n) is 3.41. The summed E-state index contributed by atoms with van der Waals surface area (Å²) in [6.45, 7) is -0.979. The molecule has 0 atom stereocenters. The SMILES string of the molecule is Nc1cccc(CNCC(F)(F)C(F)F)c1. The number of rotatable bonds is 5. The molecule has 1 aromatic carbocycles. The number of nitrogen functional groups attached to an aromatic ring is 1. The maximum Gasteiger partial charge on any atom is 0.319 e. The van der Waals surface area contributed by atoms with E-state index in [0.717, 1.165) is 0 Å². The molecule has 0 aliphatic carbocycles. The molecule has 1 rings (SSSR count). The topological polar surface area (TPSA) is 38.0 Å². The van der Waals surface area contributed by atoms with Gasteiger partial charge in [-0.15, -0.1) is 0 Å². The summed E-state index contributed by atoms with van der Waals surface area (Å²) < 4.78 is 48.6. The number of nitrogens with one attached hydrogen (secondary N) is 1. The summed E-state index contributed by atoms with van der Waals surface area (Å²) in [6, 6.07) is 6.58. The first-order valence-electron chi connectivity index (χ1n) is 4.63. The molecule has 0 saturated carbocycles. The van der Waals surface area contributed by atoms with Crippen molar-refractivity contribution in [3.8, 4) is 0 Å². The lowest BCUT2D eigenvalue weighted by Crippen LogP contribution is -2.38. The third kappa shape index (κ3) is 3.69. The zero-order chi connectivity index (χ0) is 12.2. The van der Waals surface area contributed by atoms with Gasteiger partial charge >= 0.3 is 12.3 Å². The van der Waals surface area contributed by atoms with Crippen LogP contribution >= 0.6 is 0 Å². The van der Waals surface area contributed by atoms with Crippen LogP contribution < -0.4 is 11.1 Å². The van der Waals surface area contributed by atoms with Crippen LogP contribution in [0.3, 0.4) is 0 Å². The first kappa shape index (κ1) is 12.8. The van der Waals surface area contributed by atoms with Crippen LogP contribution in [0, 0.1) is 0 Å². The Balaban J connectivity index is 2.42. The van der Waals surface area contributed by atoms with E-state index >= 15 is 0 Å². The van der Waals surface area contributed by atoms with Gasteiger partial charge in [-0.3, -0.25) is 0 Å². The Kier molecular flexibility index (Phi) is 4.12. The number of halogens is 4. The van der Waals surface area contributed by atoms with Crippen molar-refractivity contribution in [3.05, 3.63) is 29.8 Å². The zero-order valence-corrected chi connectivity index (χ0v) is 8.39. The van der Waals surface area contributed by atoms with Crippen LogP contribution in [0.4, 0.5) is 23.2 Å². The number of anilines is 1. The second-order valence-corrected chi connectivity index (χ2v) is 3.41. The van der Waals surface area contributed by atoms with Crippen LogP contribution in [0.25, 0.3) is 0 Å². The summed E-state index contributed by atoms with van der Waals surface area (Å²) in [4.78, 5) is 0. The molecule has 2 nitrogen and oxygen atoms in total. The van der Waals surface area contributed by atoms with E-state index < -0.39 is 18.9 Å². The Morgan fingerprint density at radius 1 is 1.31 bits per heavy atom. The summed E-state index contributed by atoms with van der Waals surface area (Å²) in [5.41, 5.74) is 6.64. The highest BCUT2D eigenvalue weighted by atomic mass is 19.3. The van der Waals surface area contributed by atoms with E-state index in [1.165, 1.54) is 0 Å². The van der Waals surface area contributed by atoms with E-state index in [2.05, 4.69) is 5.32 Å². The Morgan fingerprint density at radius 2 is 2.00 bits per heavy atom. The third-order valence-corrected chi connectivity index (χ3v) is 1.96. The van der Waals surface area contributed by atoms with Crippen molar-refractivity contribution in [2.24, 2.45) is 0 Å². The Hall–Kier alpha value is -1.30. The van der Waals surface area contributed by atoms with Crippen LogP contribution in [0.1, 0.15) is 5.56 Å². The van der Waals surface area contributed by atoms with Crippen molar-refractivity contribution >= 4 is 5.69 Å². The lowest BCUT2D eigenvalue weighted by molar-refractivity contribution is -0.125. The summed E-state index contributed by atoms with van der Waals surface area (Å²) in [7, 11) is 0. The summed E-state index contributed by atoms with van der Waals surface area (Å²) >= 11 is 0. The molecule has 0 fully saturated rings. The maximum atomic E-state index is 12.5. The first-order valence-corrected chi connectivity index (χ1v) is 4.63. The minimum absolute atomic E-state index is 0.0767. The lowest BCUT2D eigenvalue weighted by Gasteiger charge is -2.15. The number of alkyl halides is 4. The summed E-state index contributed by atoms with van der Waals surface area (Å²) in [5, 5.41) is 2.26. The third-order valence-electron chi connectivity index (χ3n) is 1.96. The minimum Gasteiger partial charge on any atom is -0.399 e. The molecule has 0 aliphatic heterocycles. The fourth-order valence-corrected chi connectivity index (χ4v) is 1.15. The van der Waals surface area contributed by atoms with Gasteiger partial charge in [0.1, 0.15) is 0 Å². The molecule has 0 amide bonds. The average molecular weight is 236 g/mol. The van der Waals surface area contributed by atoms with Crippen LogP contribution in [0.2, 0.25) is 0 Å². The van der Waals surface area contributed by atoms with Crippen LogP contribution in [0.15, 0.2) is 24.3 Å². The van der Waals surface area contributed by atoms with E-state index in [9.17, 15) is 17.6 Å². The van der Waals surface area contributed by atoms with E-state index in [0.29, 0.717) is 11.3 Å². The molecule has 16 heavy (non-hydrogen) atoms. The average Bonchev–Trinajstić information content (AvgIpc) is 2.17. The number of hydrogen-bond acceptors (Lipinski definition) is 2. The van der Waals surface area contributed by atoms with Crippen LogP contribution in [0.5, 0.6) is 0 Å². The quantitative estimate of drug-likeness (QED) is 0.608. The predicted molar refractivity (Wildman–Crippen MR) is 53.5 cm³/mol. The molecule has 0 heterocycles. The van der Waals surface area contributed by atoms with Crippen molar-refractivity contribution in [1.82, 2.24) is 5.32 Å². The molecule has 3 N–H and O–H groups in total. The van der Waals surface area contributed by atoms with Gasteiger partial charge in [0.15, 0.2) is 0 Å². The van der Waals surface area contributed by atoms with Crippen molar-refractivity contribution in [3.63, 3.8) is 0 Å². The van der Waals surface area contributed by atoms with Gasteiger partial charge < -0.3 is 11.1 Å². The van der Waals surface area contributed by atoms with Gasteiger partial charge in [0, 0.05) is 12.2 Å². The zero-order valence-electron chi connectivity index (χ0n) is 8.39. The van der Waals surface area contributed by atoms with Gasteiger partial charge in [0.05, 0.1) is 6.54 Å². The predicted octanol–water partition coefficient (Wildman–Crippen LogP) is 2.26. The van der Waals surface area contributed by atoms with Crippen LogP contribution in [-0.4, -0.2) is 18.9 Å². The summed E-state index contributed by atoms with van der Waals surface area (Å²) in [6.07, 6.45) is -3.65. The van der Waals surface area contributed by atoms with Crippen LogP contribution in [-0.2, 0) is 6.54 Å². The molecular weight excluding hydrogens is 224 g/mol. The second kappa shape index (κ2) is 5.16. The highest BCUT2D eigenvalue weighted by Gasteiger charge is 2.39. The highest BCUT2D eigenvalue weighted by Crippen LogP contribution is 2.21.